The summed E-state index contributed by atoms with van der Waals surface area (Å²) in [7, 11) is 0. The van der Waals surface area contributed by atoms with Crippen molar-refractivity contribution >= 4 is 29.7 Å². The van der Waals surface area contributed by atoms with Gasteiger partial charge in [-0.05, 0) is 43.4 Å². The number of likely N-dealkylation sites (tertiary alicyclic amines) is 1. The molecule has 1 spiro atoms. The van der Waals surface area contributed by atoms with Crippen LogP contribution in [0, 0.1) is 11.6 Å². The number of carbonyl (C=O) groups excluding carboxylic acids is 2. The number of halogens is 5. The van der Waals surface area contributed by atoms with Crippen molar-refractivity contribution < 1.29 is 31.5 Å². The van der Waals surface area contributed by atoms with Crippen molar-refractivity contribution in [2.45, 2.75) is 69.0 Å². The van der Waals surface area contributed by atoms with Gasteiger partial charge in [0.15, 0.2) is 11.6 Å². The minimum absolute atomic E-state index is 0.0103. The van der Waals surface area contributed by atoms with E-state index >= 15 is 0 Å². The summed E-state index contributed by atoms with van der Waals surface area (Å²) in [6.45, 7) is 1.41. The van der Waals surface area contributed by atoms with Crippen LogP contribution in [0.15, 0.2) is 36.5 Å². The number of piperidine rings is 1. The van der Waals surface area contributed by atoms with Crippen molar-refractivity contribution in [3.05, 3.63) is 70.9 Å². The second kappa shape index (κ2) is 13.1. The largest absolute Gasteiger partial charge is 0.389 e. The van der Waals surface area contributed by atoms with E-state index in [0.29, 0.717) is 56.8 Å². The Morgan fingerprint density at radius 2 is 1.93 bits per heavy atom. The topological polar surface area (TPSA) is 105 Å². The standard InChI is InChI=1S/C16H16F5N3.C13H16N4O2S/c17-12-5-2-4-11(15(12)18)10-3-1-6-13-22-23-14(24(13)9-10)7-8-16(19,20)21;1-20-16-12(19)17-7-4-13(5-8-17)9-3-2-6-14-10(9)15-11(13)18/h2,4-5,10H,1,3,6-9H2;2-3,6H,4-5,7-8H2,1H3,(H,16,19)(H,14,15,18)/t10-;/m1./s1. The number of anilines is 1. The summed E-state index contributed by atoms with van der Waals surface area (Å²) in [6.07, 6.45) is 1.12. The zero-order chi connectivity index (χ0) is 31.5. The summed E-state index contributed by atoms with van der Waals surface area (Å²) < 4.78 is 69.2. The molecule has 44 heavy (non-hydrogen) atoms. The number of hydrogen-bond acceptors (Lipinski definition) is 6. The quantitative estimate of drug-likeness (QED) is 0.288. The predicted octanol–water partition coefficient (Wildman–Crippen LogP) is 5.53. The first kappa shape index (κ1) is 31.7. The van der Waals surface area contributed by atoms with Gasteiger partial charge >= 0.3 is 12.2 Å². The maximum absolute atomic E-state index is 14.1. The third-order valence-electron chi connectivity index (χ3n) is 8.40. The molecule has 0 saturated carbocycles. The fourth-order valence-electron chi connectivity index (χ4n) is 6.09. The Balaban J connectivity index is 0.000000177. The Hall–Kier alpha value is -3.75. The maximum Gasteiger partial charge on any atom is 0.389 e. The predicted molar refractivity (Wildman–Crippen MR) is 154 cm³/mol. The molecule has 2 aromatic heterocycles. The summed E-state index contributed by atoms with van der Waals surface area (Å²) in [5.41, 5.74) is 0.702. The SMILES string of the molecule is CSNC(=O)N1CCC2(CC1)C(=O)Nc1ncccc12.Fc1cccc([C@@H]2CCCc3nnc(CCC(F)(F)F)n3C2)c1F. The monoisotopic (exact) mass is 637 g/mol. The van der Waals surface area contributed by atoms with E-state index in [1.54, 1.807) is 15.7 Å². The number of fused-ring (bicyclic) bond motifs is 3. The van der Waals surface area contributed by atoms with E-state index in [1.165, 1.54) is 24.1 Å². The number of alkyl halides is 3. The smallest absolute Gasteiger partial charge is 0.324 e. The average Bonchev–Trinajstić information content (AvgIpc) is 3.41. The van der Waals surface area contributed by atoms with Gasteiger partial charge in [-0.3, -0.25) is 9.52 Å². The lowest BCUT2D eigenvalue weighted by Crippen LogP contribution is -2.50. The molecule has 1 fully saturated rings. The number of amides is 3. The van der Waals surface area contributed by atoms with Crippen LogP contribution in [0.25, 0.3) is 0 Å². The van der Waals surface area contributed by atoms with Crippen LogP contribution < -0.4 is 10.0 Å². The van der Waals surface area contributed by atoms with E-state index < -0.39 is 29.6 Å². The van der Waals surface area contributed by atoms with E-state index in [9.17, 15) is 31.5 Å². The number of carbonyl (C=O) groups is 2. The highest BCUT2D eigenvalue weighted by Crippen LogP contribution is 2.43. The molecule has 0 aliphatic carbocycles. The zero-order valence-electron chi connectivity index (χ0n) is 24.0. The second-order valence-corrected chi connectivity index (χ2v) is 11.6. The first-order valence-electron chi connectivity index (χ1n) is 14.3. The molecule has 15 heteroatoms. The lowest BCUT2D eigenvalue weighted by molar-refractivity contribution is -0.134. The molecule has 3 aliphatic heterocycles. The van der Waals surface area contributed by atoms with Crippen molar-refractivity contribution in [1.29, 1.82) is 0 Å². The Bertz CT molecular complexity index is 1510. The molecule has 236 valence electrons. The van der Waals surface area contributed by atoms with Crippen LogP contribution in [0.3, 0.4) is 0 Å². The number of pyridine rings is 1. The van der Waals surface area contributed by atoms with E-state index in [0.717, 1.165) is 11.6 Å². The third kappa shape index (κ3) is 6.66. The normalized spacial score (nSPS) is 18.9. The fraction of sp³-hybridized carbons (Fsp3) is 0.483. The number of benzene rings is 1. The van der Waals surface area contributed by atoms with Gasteiger partial charge in [-0.15, -0.1) is 10.2 Å². The summed E-state index contributed by atoms with van der Waals surface area (Å²) in [5.74, 6) is -0.607. The van der Waals surface area contributed by atoms with Gasteiger partial charge in [0, 0.05) is 56.4 Å². The van der Waals surface area contributed by atoms with E-state index in [2.05, 4.69) is 25.2 Å². The highest BCUT2D eigenvalue weighted by Gasteiger charge is 2.49. The molecule has 5 heterocycles. The zero-order valence-corrected chi connectivity index (χ0v) is 24.8. The van der Waals surface area contributed by atoms with E-state index in [-0.39, 0.29) is 42.2 Å². The van der Waals surface area contributed by atoms with Crippen molar-refractivity contribution in [3.8, 4) is 0 Å². The van der Waals surface area contributed by atoms with Gasteiger partial charge < -0.3 is 14.8 Å². The molecule has 3 amide bonds. The first-order valence-corrected chi connectivity index (χ1v) is 15.5. The number of aryl methyl sites for hydroxylation is 2. The van der Waals surface area contributed by atoms with Gasteiger partial charge in [0.25, 0.3) is 0 Å². The Morgan fingerprint density at radius 3 is 2.66 bits per heavy atom. The molecule has 3 aliphatic rings. The van der Waals surface area contributed by atoms with Gasteiger partial charge in [0.05, 0.1) is 11.8 Å². The summed E-state index contributed by atoms with van der Waals surface area (Å²) in [6, 6.07) is 7.74. The number of aromatic nitrogens is 4. The summed E-state index contributed by atoms with van der Waals surface area (Å²) in [5, 5.41) is 10.7. The second-order valence-electron chi connectivity index (χ2n) is 11.0. The number of rotatable bonds is 4. The molecule has 0 bridgehead atoms. The van der Waals surface area contributed by atoms with Crippen LogP contribution in [0.4, 0.5) is 32.6 Å². The first-order chi connectivity index (χ1) is 21.0. The van der Waals surface area contributed by atoms with Crippen LogP contribution in [-0.4, -0.2) is 62.1 Å². The van der Waals surface area contributed by atoms with Crippen molar-refractivity contribution in [2.75, 3.05) is 24.7 Å². The molecule has 1 atom stereocenters. The number of nitrogens with one attached hydrogen (secondary N) is 2. The number of urea groups is 1. The molecule has 6 rings (SSSR count). The third-order valence-corrected chi connectivity index (χ3v) is 8.78. The van der Waals surface area contributed by atoms with Crippen molar-refractivity contribution in [3.63, 3.8) is 0 Å². The van der Waals surface area contributed by atoms with Gasteiger partial charge in [-0.1, -0.05) is 30.1 Å². The molecular formula is C29H32F5N7O2S. The van der Waals surface area contributed by atoms with Gasteiger partial charge in [-0.25, -0.2) is 18.6 Å². The molecule has 1 aromatic carbocycles. The van der Waals surface area contributed by atoms with Crippen LogP contribution >= 0.6 is 11.9 Å². The average molecular weight is 638 g/mol. The number of hydrogen-bond donors (Lipinski definition) is 2. The van der Waals surface area contributed by atoms with Crippen LogP contribution in [0.1, 0.15) is 60.8 Å². The Labute approximate surface area is 255 Å². The van der Waals surface area contributed by atoms with Gasteiger partial charge in [0.1, 0.15) is 17.5 Å². The van der Waals surface area contributed by atoms with Crippen LogP contribution in [0.2, 0.25) is 0 Å². The molecule has 0 unspecified atom stereocenters. The number of nitrogens with zero attached hydrogens (tertiary/aromatic N) is 5. The maximum atomic E-state index is 14.1. The lowest BCUT2D eigenvalue weighted by atomic mass is 9.74. The highest BCUT2D eigenvalue weighted by atomic mass is 32.2. The summed E-state index contributed by atoms with van der Waals surface area (Å²) in [4.78, 5) is 30.1. The Kier molecular flexibility index (Phi) is 9.42. The van der Waals surface area contributed by atoms with Crippen LogP contribution in [0.5, 0.6) is 0 Å². The van der Waals surface area contributed by atoms with Gasteiger partial charge in [0.2, 0.25) is 5.91 Å². The fourth-order valence-corrected chi connectivity index (χ4v) is 6.40. The van der Waals surface area contributed by atoms with Crippen LogP contribution in [-0.2, 0) is 29.6 Å². The lowest BCUT2D eigenvalue weighted by Gasteiger charge is -2.37. The summed E-state index contributed by atoms with van der Waals surface area (Å²) >= 11 is 1.29. The Morgan fingerprint density at radius 1 is 1.16 bits per heavy atom. The van der Waals surface area contributed by atoms with Crippen molar-refractivity contribution in [2.24, 2.45) is 0 Å². The minimum atomic E-state index is -4.27. The highest BCUT2D eigenvalue weighted by molar-refractivity contribution is 7.97. The molecule has 2 N–H and O–H groups in total. The molecule has 0 radical (unpaired) electrons. The van der Waals surface area contributed by atoms with E-state index in [1.807, 2.05) is 18.4 Å². The van der Waals surface area contributed by atoms with Crippen molar-refractivity contribution in [1.82, 2.24) is 29.4 Å². The van der Waals surface area contributed by atoms with Gasteiger partial charge in [-0.2, -0.15) is 13.2 Å². The molecule has 1 saturated heterocycles. The molecule has 3 aromatic rings. The molecule has 9 nitrogen and oxygen atoms in total. The molecular weight excluding hydrogens is 605 g/mol. The minimum Gasteiger partial charge on any atom is -0.324 e. The van der Waals surface area contributed by atoms with E-state index in [4.69, 9.17) is 0 Å².